The molecule has 0 bridgehead atoms. The minimum atomic E-state index is -1.42. The second kappa shape index (κ2) is 8.82. The SMILES string of the molecule is OC[C@H]1O[C@@H](c2ccc(Cl)c(Cc3ccc4c(c3)OCCN4C3CC3)c2)[C@H](O)[C@@H](O)[C@@H]1O. The average molecular weight is 462 g/mol. The molecule has 3 aliphatic rings. The summed E-state index contributed by atoms with van der Waals surface area (Å²) in [4.78, 5) is 2.43. The number of halogens is 1. The first-order valence-electron chi connectivity index (χ1n) is 11.1. The number of fused-ring (bicyclic) bond motifs is 1. The largest absolute Gasteiger partial charge is 0.490 e. The molecule has 2 fully saturated rings. The molecule has 5 rings (SSSR count). The van der Waals surface area contributed by atoms with Gasteiger partial charge in [-0.3, -0.25) is 0 Å². The van der Waals surface area contributed by atoms with Crippen LogP contribution >= 0.6 is 11.6 Å². The van der Waals surface area contributed by atoms with Crippen LogP contribution in [-0.2, 0) is 11.2 Å². The van der Waals surface area contributed by atoms with Crippen molar-refractivity contribution >= 4 is 17.3 Å². The maximum absolute atomic E-state index is 10.5. The van der Waals surface area contributed by atoms with Crippen LogP contribution in [0.25, 0.3) is 0 Å². The number of benzene rings is 2. The van der Waals surface area contributed by atoms with Gasteiger partial charge in [0.25, 0.3) is 0 Å². The van der Waals surface area contributed by atoms with E-state index in [2.05, 4.69) is 23.1 Å². The summed E-state index contributed by atoms with van der Waals surface area (Å²) in [5, 5.41) is 40.7. The molecule has 5 atom stereocenters. The lowest BCUT2D eigenvalue weighted by atomic mass is 9.90. The number of aliphatic hydroxyl groups is 4. The van der Waals surface area contributed by atoms with Crippen LogP contribution in [0, 0.1) is 0 Å². The molecule has 1 saturated carbocycles. The van der Waals surface area contributed by atoms with E-state index in [1.807, 2.05) is 6.07 Å². The lowest BCUT2D eigenvalue weighted by Gasteiger charge is -2.40. The van der Waals surface area contributed by atoms with Crippen molar-refractivity contribution in [2.24, 2.45) is 0 Å². The van der Waals surface area contributed by atoms with E-state index in [9.17, 15) is 20.4 Å². The summed E-state index contributed by atoms with van der Waals surface area (Å²) >= 11 is 6.47. The minimum Gasteiger partial charge on any atom is -0.490 e. The minimum absolute atomic E-state index is 0.463. The second-order valence-electron chi connectivity index (χ2n) is 8.85. The Bertz CT molecular complexity index is 981. The first-order valence-corrected chi connectivity index (χ1v) is 11.4. The zero-order valence-electron chi connectivity index (χ0n) is 17.6. The highest BCUT2D eigenvalue weighted by atomic mass is 35.5. The zero-order valence-corrected chi connectivity index (χ0v) is 18.4. The quantitative estimate of drug-likeness (QED) is 0.538. The van der Waals surface area contributed by atoms with Crippen LogP contribution < -0.4 is 9.64 Å². The fourth-order valence-corrected chi connectivity index (χ4v) is 4.85. The highest BCUT2D eigenvalue weighted by Gasteiger charge is 2.44. The lowest BCUT2D eigenvalue weighted by Crippen LogP contribution is -2.55. The summed E-state index contributed by atoms with van der Waals surface area (Å²) in [5.41, 5.74) is 3.66. The first kappa shape index (κ1) is 21.9. The van der Waals surface area contributed by atoms with Gasteiger partial charge in [-0.25, -0.2) is 0 Å². The fourth-order valence-electron chi connectivity index (χ4n) is 4.67. The van der Waals surface area contributed by atoms with Crippen LogP contribution in [-0.4, -0.2) is 70.6 Å². The molecule has 2 aromatic rings. The van der Waals surface area contributed by atoms with Gasteiger partial charge < -0.3 is 34.8 Å². The summed E-state index contributed by atoms with van der Waals surface area (Å²) in [6.45, 7) is 1.14. The Labute approximate surface area is 191 Å². The van der Waals surface area contributed by atoms with E-state index >= 15 is 0 Å². The number of nitrogens with zero attached hydrogens (tertiary/aromatic N) is 1. The average Bonchev–Trinajstić information content (AvgIpc) is 3.64. The number of hydrogen-bond donors (Lipinski definition) is 4. The molecule has 8 heteroatoms. The van der Waals surface area contributed by atoms with Crippen molar-refractivity contribution in [3.8, 4) is 5.75 Å². The van der Waals surface area contributed by atoms with Crippen LogP contribution in [0.3, 0.4) is 0 Å². The van der Waals surface area contributed by atoms with E-state index in [-0.39, 0.29) is 0 Å². The second-order valence-corrected chi connectivity index (χ2v) is 9.26. The summed E-state index contributed by atoms with van der Waals surface area (Å²) in [5.74, 6) is 0.891. The summed E-state index contributed by atoms with van der Waals surface area (Å²) in [6, 6.07) is 12.2. The topological polar surface area (TPSA) is 103 Å². The van der Waals surface area contributed by atoms with Crippen molar-refractivity contribution < 1.29 is 29.9 Å². The third-order valence-electron chi connectivity index (χ3n) is 6.60. The molecule has 1 saturated heterocycles. The first-order chi connectivity index (χ1) is 15.5. The van der Waals surface area contributed by atoms with Crippen molar-refractivity contribution in [1.82, 2.24) is 0 Å². The third kappa shape index (κ3) is 4.09. The molecule has 4 N–H and O–H groups in total. The van der Waals surface area contributed by atoms with E-state index < -0.39 is 37.1 Å². The van der Waals surface area contributed by atoms with Crippen molar-refractivity contribution in [3.05, 3.63) is 58.1 Å². The van der Waals surface area contributed by atoms with Crippen LogP contribution in [0.15, 0.2) is 36.4 Å². The normalized spacial score (nSPS) is 30.0. The van der Waals surface area contributed by atoms with Crippen LogP contribution in [0.4, 0.5) is 5.69 Å². The maximum Gasteiger partial charge on any atom is 0.142 e. The third-order valence-corrected chi connectivity index (χ3v) is 6.96. The van der Waals surface area contributed by atoms with Gasteiger partial charge in [-0.05, 0) is 54.2 Å². The van der Waals surface area contributed by atoms with Crippen LogP contribution in [0.2, 0.25) is 5.02 Å². The van der Waals surface area contributed by atoms with Crippen LogP contribution in [0.1, 0.15) is 35.6 Å². The van der Waals surface area contributed by atoms with Crippen LogP contribution in [0.5, 0.6) is 5.75 Å². The number of rotatable bonds is 5. The van der Waals surface area contributed by atoms with Gasteiger partial charge in [0.05, 0.1) is 18.8 Å². The Balaban J connectivity index is 1.39. The van der Waals surface area contributed by atoms with Crippen molar-refractivity contribution in [1.29, 1.82) is 0 Å². The number of anilines is 1. The molecule has 2 aliphatic heterocycles. The van der Waals surface area contributed by atoms with E-state index in [1.54, 1.807) is 12.1 Å². The van der Waals surface area contributed by atoms with Gasteiger partial charge in [0.2, 0.25) is 0 Å². The predicted molar refractivity (Wildman–Crippen MR) is 119 cm³/mol. The maximum atomic E-state index is 10.5. The molecule has 0 amide bonds. The van der Waals surface area contributed by atoms with Gasteiger partial charge in [-0.1, -0.05) is 29.8 Å². The number of ether oxygens (including phenoxy) is 2. The highest BCUT2D eigenvalue weighted by Crippen LogP contribution is 2.40. The number of hydrogen-bond acceptors (Lipinski definition) is 7. The van der Waals surface area contributed by atoms with Gasteiger partial charge in [0.1, 0.15) is 42.9 Å². The lowest BCUT2D eigenvalue weighted by molar-refractivity contribution is -0.231. The summed E-state index contributed by atoms with van der Waals surface area (Å²) in [6.07, 6.45) is -2.94. The van der Waals surface area contributed by atoms with Crippen molar-refractivity contribution in [2.75, 3.05) is 24.7 Å². The zero-order chi connectivity index (χ0) is 22.4. The van der Waals surface area contributed by atoms with Gasteiger partial charge in [0, 0.05) is 11.1 Å². The molecule has 2 heterocycles. The fraction of sp³-hybridized carbons (Fsp3) is 0.500. The predicted octanol–water partition coefficient (Wildman–Crippen LogP) is 1.81. The van der Waals surface area contributed by atoms with Crippen molar-refractivity contribution in [2.45, 2.75) is 55.8 Å². The Kier molecular flexibility index (Phi) is 6.05. The molecule has 2 aromatic carbocycles. The molecular formula is C24H28ClNO6. The molecule has 0 aromatic heterocycles. The van der Waals surface area contributed by atoms with E-state index in [0.29, 0.717) is 29.7 Å². The van der Waals surface area contributed by atoms with Gasteiger partial charge in [0.15, 0.2) is 0 Å². The van der Waals surface area contributed by atoms with E-state index in [1.165, 1.54) is 12.8 Å². The molecule has 7 nitrogen and oxygen atoms in total. The van der Waals surface area contributed by atoms with E-state index in [4.69, 9.17) is 21.1 Å². The molecule has 1 aliphatic carbocycles. The van der Waals surface area contributed by atoms with Gasteiger partial charge in [-0.15, -0.1) is 0 Å². The molecule has 172 valence electrons. The molecule has 0 radical (unpaired) electrons. The smallest absolute Gasteiger partial charge is 0.142 e. The number of aliphatic hydroxyl groups excluding tert-OH is 4. The highest BCUT2D eigenvalue weighted by molar-refractivity contribution is 6.31. The standard InChI is InChI=1S/C24H28ClNO6/c25-17-5-2-14(24-23(30)22(29)21(28)20(12-27)32-24)11-15(17)9-13-1-6-18-19(10-13)31-8-7-26(18)16-3-4-16/h1-2,5-6,10-11,16,20-24,27-30H,3-4,7-9,12H2/t20-,21-,22+,23-,24+/m1/s1. The molecule has 32 heavy (non-hydrogen) atoms. The summed E-state index contributed by atoms with van der Waals surface area (Å²) in [7, 11) is 0. The molecule has 0 unspecified atom stereocenters. The van der Waals surface area contributed by atoms with Gasteiger partial charge in [-0.2, -0.15) is 0 Å². The van der Waals surface area contributed by atoms with Gasteiger partial charge >= 0.3 is 0 Å². The Morgan fingerprint density at radius 3 is 2.56 bits per heavy atom. The van der Waals surface area contributed by atoms with E-state index in [0.717, 1.165) is 29.1 Å². The van der Waals surface area contributed by atoms with Crippen molar-refractivity contribution in [3.63, 3.8) is 0 Å². The Morgan fingerprint density at radius 2 is 1.81 bits per heavy atom. The molecule has 0 spiro atoms. The Hall–Kier alpha value is -1.87. The molecular weight excluding hydrogens is 434 g/mol. The summed E-state index contributed by atoms with van der Waals surface area (Å²) < 4.78 is 11.6. The Morgan fingerprint density at radius 1 is 1.00 bits per heavy atom. The monoisotopic (exact) mass is 461 g/mol.